The summed E-state index contributed by atoms with van der Waals surface area (Å²) >= 11 is 0. The minimum absolute atomic E-state index is 0.0535. The van der Waals surface area contributed by atoms with Gasteiger partial charge in [0, 0.05) is 36.6 Å². The minimum Gasteiger partial charge on any atom is -0.344 e. The zero-order valence-electron chi connectivity index (χ0n) is 22.2. The van der Waals surface area contributed by atoms with Crippen molar-refractivity contribution in [1.82, 2.24) is 29.2 Å². The van der Waals surface area contributed by atoms with E-state index >= 15 is 0 Å². The second-order valence-corrected chi connectivity index (χ2v) is 11.1. The van der Waals surface area contributed by atoms with Gasteiger partial charge >= 0.3 is 0 Å². The Morgan fingerprint density at radius 1 is 1.15 bits per heavy atom. The molecule has 1 atom stereocenters. The second-order valence-electron chi connectivity index (χ2n) is 9.59. The number of para-hydroxylation sites is 1. The lowest BCUT2D eigenvalue weighted by Gasteiger charge is -2.30. The van der Waals surface area contributed by atoms with Gasteiger partial charge in [0.25, 0.3) is 21.7 Å². The van der Waals surface area contributed by atoms with E-state index in [1.807, 2.05) is 36.4 Å². The number of rotatable bonds is 8. The number of anilines is 1. The fourth-order valence-corrected chi connectivity index (χ4v) is 6.22. The van der Waals surface area contributed by atoms with Crippen LogP contribution in [-0.2, 0) is 16.6 Å². The summed E-state index contributed by atoms with van der Waals surface area (Å²) in [4.78, 5) is 32.1. The maximum absolute atomic E-state index is 14.0. The highest BCUT2D eigenvalue weighted by molar-refractivity contribution is 7.90. The molecule has 1 aliphatic rings. The predicted molar refractivity (Wildman–Crippen MR) is 155 cm³/mol. The average Bonchev–Trinajstić information content (AvgIpc) is 3.29. The number of carbonyl (C=O) groups excluding carboxylic acids is 1. The molecule has 0 unspecified atom stereocenters. The lowest BCUT2D eigenvalue weighted by molar-refractivity contribution is 0.0941. The summed E-state index contributed by atoms with van der Waals surface area (Å²) in [6.07, 6.45) is 9.41. The van der Waals surface area contributed by atoms with E-state index in [1.165, 1.54) is 10.7 Å². The number of terminal acetylenes is 1. The summed E-state index contributed by atoms with van der Waals surface area (Å²) in [5, 5.41) is 8.49. The first-order chi connectivity index (χ1) is 19.7. The molecule has 41 heavy (non-hydrogen) atoms. The van der Waals surface area contributed by atoms with Crippen LogP contribution in [0.1, 0.15) is 52.6 Å². The van der Waals surface area contributed by atoms with Gasteiger partial charge in [0.05, 0.1) is 17.1 Å². The van der Waals surface area contributed by atoms with Crippen molar-refractivity contribution >= 4 is 38.4 Å². The minimum atomic E-state index is -3.99. The normalized spacial score (nSPS) is 13.0. The van der Waals surface area contributed by atoms with Gasteiger partial charge in [0.15, 0.2) is 11.5 Å². The number of pyridine rings is 1. The van der Waals surface area contributed by atoms with E-state index < -0.39 is 22.2 Å². The smallest absolute Gasteiger partial charge is 0.300 e. The van der Waals surface area contributed by atoms with Crippen LogP contribution in [0, 0.1) is 12.3 Å². The van der Waals surface area contributed by atoms with Crippen LogP contribution in [0.3, 0.4) is 0 Å². The highest BCUT2D eigenvalue weighted by Crippen LogP contribution is 2.39. The molecule has 3 aromatic heterocycles. The van der Waals surface area contributed by atoms with Crippen molar-refractivity contribution in [3.05, 3.63) is 99.2 Å². The highest BCUT2D eigenvalue weighted by atomic mass is 32.2. The van der Waals surface area contributed by atoms with Crippen molar-refractivity contribution in [2.45, 2.75) is 26.3 Å². The van der Waals surface area contributed by atoms with Crippen molar-refractivity contribution in [1.29, 1.82) is 0 Å². The molecular weight excluding hydrogens is 542 g/mol. The van der Waals surface area contributed by atoms with E-state index in [1.54, 1.807) is 36.7 Å². The van der Waals surface area contributed by atoms with Crippen molar-refractivity contribution in [3.63, 3.8) is 0 Å². The van der Waals surface area contributed by atoms with Crippen LogP contribution in [0.15, 0.2) is 65.7 Å². The topological polar surface area (TPSA) is 139 Å². The first-order valence-electron chi connectivity index (χ1n) is 12.9. The third kappa shape index (κ3) is 4.32. The Balaban J connectivity index is 1.49. The molecule has 0 aliphatic heterocycles. The van der Waals surface area contributed by atoms with Gasteiger partial charge in [-0.1, -0.05) is 37.1 Å². The molecule has 0 spiro atoms. The lowest BCUT2D eigenvalue weighted by atomic mass is 9.81. The Morgan fingerprint density at radius 3 is 2.66 bits per heavy atom. The molecule has 0 saturated carbocycles. The SMILES string of the molecule is C#Cc1ccc2c3c(c([C@H](C)NC(=O)c4c(NS(=O)(=O)NCC)nn5cccnc45)n(-c4ccccc4)c(=O)c13)C2. The van der Waals surface area contributed by atoms with Crippen molar-refractivity contribution in [2.24, 2.45) is 0 Å². The quantitative estimate of drug-likeness (QED) is 0.242. The van der Waals surface area contributed by atoms with Gasteiger partial charge in [-0.15, -0.1) is 11.5 Å². The molecule has 12 heteroatoms. The molecule has 0 bridgehead atoms. The predicted octanol–water partition coefficient (Wildman–Crippen LogP) is 2.68. The van der Waals surface area contributed by atoms with Crippen LogP contribution in [0.4, 0.5) is 5.82 Å². The standard InChI is InChI=1S/C29H25N7O4S/c1-4-18-12-13-19-16-21-22(19)23(18)29(38)36(20-10-7-6-8-11-20)25(21)17(3)32-28(37)24-26(34-41(39,40)31-5-2)33-35-15-9-14-30-27(24)35/h1,6-15,17,31H,5,16H2,2-3H3,(H,32,37)(H,33,34)/t17-/m0/s1. The highest BCUT2D eigenvalue weighted by Gasteiger charge is 2.32. The van der Waals surface area contributed by atoms with Crippen LogP contribution in [-0.4, -0.2) is 40.0 Å². The zero-order chi connectivity index (χ0) is 28.9. The van der Waals surface area contributed by atoms with Gasteiger partial charge in [-0.25, -0.2) is 9.50 Å². The van der Waals surface area contributed by atoms with Crippen LogP contribution in [0.2, 0.25) is 0 Å². The molecule has 11 nitrogen and oxygen atoms in total. The first-order valence-corrected chi connectivity index (χ1v) is 14.4. The molecule has 5 aromatic rings. The lowest BCUT2D eigenvalue weighted by Crippen LogP contribution is -2.36. The summed E-state index contributed by atoms with van der Waals surface area (Å²) in [6.45, 7) is 3.55. The van der Waals surface area contributed by atoms with E-state index in [4.69, 9.17) is 6.42 Å². The van der Waals surface area contributed by atoms with Crippen molar-refractivity contribution < 1.29 is 13.2 Å². The summed E-state index contributed by atoms with van der Waals surface area (Å²) in [5.41, 5.74) is 3.51. The van der Waals surface area contributed by atoms with E-state index in [9.17, 15) is 18.0 Å². The number of nitrogens with one attached hydrogen (secondary N) is 3. The fraction of sp³-hybridized carbons (Fsp3) is 0.172. The zero-order valence-corrected chi connectivity index (χ0v) is 23.0. The fourth-order valence-electron chi connectivity index (χ4n) is 5.37. The maximum atomic E-state index is 14.0. The summed E-state index contributed by atoms with van der Waals surface area (Å²) < 4.78 is 32.5. The van der Waals surface area contributed by atoms with E-state index in [-0.39, 0.29) is 29.1 Å². The molecule has 3 N–H and O–H groups in total. The molecule has 0 fully saturated rings. The second kappa shape index (κ2) is 9.88. The molecule has 6 rings (SSSR count). The molecule has 1 aliphatic carbocycles. The van der Waals surface area contributed by atoms with Crippen LogP contribution in [0.25, 0.3) is 22.1 Å². The molecule has 2 aromatic carbocycles. The number of benzene rings is 2. The Bertz CT molecular complexity index is 2080. The summed E-state index contributed by atoms with van der Waals surface area (Å²) in [6, 6.07) is 13.8. The average molecular weight is 568 g/mol. The number of aromatic nitrogens is 4. The molecular formula is C29H25N7O4S. The number of carbonyl (C=O) groups is 1. The maximum Gasteiger partial charge on any atom is 0.300 e. The van der Waals surface area contributed by atoms with Crippen molar-refractivity contribution in [2.75, 3.05) is 11.3 Å². The van der Waals surface area contributed by atoms with Crippen LogP contribution < -0.4 is 20.3 Å². The third-order valence-electron chi connectivity index (χ3n) is 7.04. The molecule has 0 radical (unpaired) electrons. The Hall–Kier alpha value is -4.99. The monoisotopic (exact) mass is 567 g/mol. The third-order valence-corrected chi connectivity index (χ3v) is 8.17. The number of nitrogens with zero attached hydrogens (tertiary/aromatic N) is 4. The summed E-state index contributed by atoms with van der Waals surface area (Å²) in [7, 11) is -3.99. The van der Waals surface area contributed by atoms with Gasteiger partial charge in [-0.05, 0) is 47.7 Å². The number of amides is 1. The van der Waals surface area contributed by atoms with Gasteiger partial charge in [0.1, 0.15) is 5.56 Å². The van der Waals surface area contributed by atoms with Gasteiger partial charge in [0.2, 0.25) is 0 Å². The molecule has 206 valence electrons. The molecule has 3 heterocycles. The van der Waals surface area contributed by atoms with E-state index in [0.717, 1.165) is 16.5 Å². The van der Waals surface area contributed by atoms with Gasteiger partial charge in [-0.2, -0.15) is 13.1 Å². The Morgan fingerprint density at radius 2 is 1.93 bits per heavy atom. The number of hydrogen-bond acceptors (Lipinski definition) is 6. The summed E-state index contributed by atoms with van der Waals surface area (Å²) in [5.74, 6) is 1.84. The van der Waals surface area contributed by atoms with E-state index in [0.29, 0.717) is 28.8 Å². The van der Waals surface area contributed by atoms with E-state index in [2.05, 4.69) is 30.8 Å². The first kappa shape index (κ1) is 26.2. The molecule has 0 saturated heterocycles. The number of fused-ring (bicyclic) bond motifs is 1. The Kier molecular flexibility index (Phi) is 6.33. The molecule has 1 amide bonds. The number of hydrogen-bond donors (Lipinski definition) is 3. The van der Waals surface area contributed by atoms with Crippen molar-refractivity contribution in [3.8, 4) is 18.0 Å². The van der Waals surface area contributed by atoms with Crippen LogP contribution in [0.5, 0.6) is 0 Å². The van der Waals surface area contributed by atoms with Gasteiger partial charge in [-0.3, -0.25) is 18.9 Å². The van der Waals surface area contributed by atoms with Crippen LogP contribution >= 0.6 is 0 Å². The largest absolute Gasteiger partial charge is 0.344 e. The van der Waals surface area contributed by atoms with Gasteiger partial charge < -0.3 is 5.32 Å². The Labute approximate surface area is 235 Å².